The van der Waals surface area contributed by atoms with E-state index in [1.54, 1.807) is 0 Å². The topological polar surface area (TPSA) is 50.5 Å². The number of benzene rings is 3. The molecule has 0 amide bonds. The molecular formula is C28H34ClN3O. The van der Waals surface area contributed by atoms with Crippen LogP contribution in [-0.4, -0.2) is 43.2 Å². The molecule has 0 radical (unpaired) electrons. The van der Waals surface area contributed by atoms with Crippen molar-refractivity contribution >= 4 is 12.4 Å². The van der Waals surface area contributed by atoms with Crippen molar-refractivity contribution in [3.8, 4) is 16.9 Å². The Labute approximate surface area is 203 Å². The van der Waals surface area contributed by atoms with Gasteiger partial charge in [0.05, 0.1) is 0 Å². The molecule has 174 valence electrons. The molecule has 1 aliphatic heterocycles. The molecule has 2 fully saturated rings. The second kappa shape index (κ2) is 11.2. The minimum atomic E-state index is 0. The van der Waals surface area contributed by atoms with Crippen molar-refractivity contribution in [2.24, 2.45) is 5.73 Å². The third-order valence-electron chi connectivity index (χ3n) is 6.71. The summed E-state index contributed by atoms with van der Waals surface area (Å²) in [6.07, 6.45) is 2.37. The van der Waals surface area contributed by atoms with E-state index in [-0.39, 0.29) is 12.4 Å². The van der Waals surface area contributed by atoms with Gasteiger partial charge < -0.3 is 20.7 Å². The zero-order valence-electron chi connectivity index (χ0n) is 19.0. The fourth-order valence-corrected chi connectivity index (χ4v) is 4.66. The zero-order chi connectivity index (χ0) is 21.8. The minimum Gasteiger partial charge on any atom is -0.489 e. The van der Waals surface area contributed by atoms with Crippen molar-refractivity contribution in [2.75, 3.05) is 26.2 Å². The molecule has 3 atom stereocenters. The van der Waals surface area contributed by atoms with E-state index < -0.39 is 0 Å². The Hall–Kier alpha value is -2.37. The van der Waals surface area contributed by atoms with Crippen molar-refractivity contribution in [3.05, 3.63) is 90.0 Å². The number of nitrogens with one attached hydrogen (secondary N) is 1. The van der Waals surface area contributed by atoms with E-state index in [0.717, 1.165) is 38.3 Å². The Morgan fingerprint density at radius 1 is 0.909 bits per heavy atom. The van der Waals surface area contributed by atoms with Crippen molar-refractivity contribution < 1.29 is 4.74 Å². The number of hydrogen-bond donors (Lipinski definition) is 2. The van der Waals surface area contributed by atoms with Crippen molar-refractivity contribution in [1.82, 2.24) is 10.2 Å². The first kappa shape index (κ1) is 23.8. The predicted octanol–water partition coefficient (Wildman–Crippen LogP) is 4.83. The Balaban J connectivity index is 0.00000259. The van der Waals surface area contributed by atoms with E-state index in [9.17, 15) is 0 Å². The molecule has 3 aromatic carbocycles. The van der Waals surface area contributed by atoms with Gasteiger partial charge in [0, 0.05) is 37.6 Å². The summed E-state index contributed by atoms with van der Waals surface area (Å²) < 4.78 is 6.02. The Morgan fingerprint density at radius 2 is 1.64 bits per heavy atom. The summed E-state index contributed by atoms with van der Waals surface area (Å²) in [5.41, 5.74) is 11.0. The molecule has 1 heterocycles. The fourth-order valence-electron chi connectivity index (χ4n) is 4.66. The highest BCUT2D eigenvalue weighted by atomic mass is 35.5. The van der Waals surface area contributed by atoms with Crippen LogP contribution in [0.3, 0.4) is 0 Å². The van der Waals surface area contributed by atoms with Gasteiger partial charge in [0.15, 0.2) is 0 Å². The summed E-state index contributed by atoms with van der Waals surface area (Å²) in [4.78, 5) is 2.47. The third kappa shape index (κ3) is 6.36. The maximum Gasteiger partial charge on any atom is 0.119 e. The van der Waals surface area contributed by atoms with Crippen LogP contribution in [-0.2, 0) is 6.61 Å². The van der Waals surface area contributed by atoms with Crippen LogP contribution in [0.15, 0.2) is 78.9 Å². The molecule has 1 saturated heterocycles. The first-order valence-electron chi connectivity index (χ1n) is 11.8. The molecule has 5 heteroatoms. The summed E-state index contributed by atoms with van der Waals surface area (Å²) >= 11 is 0. The summed E-state index contributed by atoms with van der Waals surface area (Å²) in [5.74, 6) is 1.56. The van der Waals surface area contributed by atoms with Crippen molar-refractivity contribution in [2.45, 2.75) is 37.5 Å². The lowest BCUT2D eigenvalue weighted by molar-refractivity contribution is 0.306. The van der Waals surface area contributed by atoms with Gasteiger partial charge in [-0.05, 0) is 53.8 Å². The smallest absolute Gasteiger partial charge is 0.119 e. The molecule has 33 heavy (non-hydrogen) atoms. The maximum absolute atomic E-state index is 6.02. The van der Waals surface area contributed by atoms with Gasteiger partial charge in [0.25, 0.3) is 0 Å². The fraction of sp³-hybridized carbons (Fsp3) is 0.357. The Morgan fingerprint density at radius 3 is 2.33 bits per heavy atom. The number of nitrogens with two attached hydrogens (primary N) is 1. The average Bonchev–Trinajstić information content (AvgIpc) is 3.50. The number of ether oxygens (including phenoxy) is 1. The SMILES string of the molecule is Cl.N[C@@H]1CCN(CCNC2CC2c2ccc(OCc3ccc(-c4ccccc4)cc3)cc2)C1. The van der Waals surface area contributed by atoms with Gasteiger partial charge in [-0.3, -0.25) is 0 Å². The van der Waals surface area contributed by atoms with Crippen LogP contribution in [0.2, 0.25) is 0 Å². The normalized spacial score (nSPS) is 22.0. The van der Waals surface area contributed by atoms with Gasteiger partial charge in [-0.25, -0.2) is 0 Å². The van der Waals surface area contributed by atoms with Gasteiger partial charge >= 0.3 is 0 Å². The largest absolute Gasteiger partial charge is 0.489 e. The van der Waals surface area contributed by atoms with Crippen molar-refractivity contribution in [3.63, 3.8) is 0 Å². The number of hydrogen-bond acceptors (Lipinski definition) is 4. The minimum absolute atomic E-state index is 0. The summed E-state index contributed by atoms with van der Waals surface area (Å²) in [7, 11) is 0. The number of likely N-dealkylation sites (tertiary alicyclic amines) is 1. The monoisotopic (exact) mass is 463 g/mol. The summed E-state index contributed by atoms with van der Waals surface area (Å²) in [5, 5.41) is 3.71. The van der Waals surface area contributed by atoms with Crippen LogP contribution in [0.1, 0.15) is 29.9 Å². The van der Waals surface area contributed by atoms with Gasteiger partial charge in [-0.1, -0.05) is 66.7 Å². The van der Waals surface area contributed by atoms with Crippen LogP contribution < -0.4 is 15.8 Å². The van der Waals surface area contributed by atoms with Crippen LogP contribution in [0.4, 0.5) is 0 Å². The van der Waals surface area contributed by atoms with E-state index >= 15 is 0 Å². The summed E-state index contributed by atoms with van der Waals surface area (Å²) in [6.45, 7) is 4.94. The Kier molecular flexibility index (Phi) is 8.05. The molecule has 1 saturated carbocycles. The van der Waals surface area contributed by atoms with E-state index in [0.29, 0.717) is 24.6 Å². The van der Waals surface area contributed by atoms with Crippen LogP contribution >= 0.6 is 12.4 Å². The van der Waals surface area contributed by atoms with Crippen LogP contribution in [0.25, 0.3) is 11.1 Å². The van der Waals surface area contributed by atoms with Gasteiger partial charge in [-0.2, -0.15) is 0 Å². The van der Waals surface area contributed by atoms with Gasteiger partial charge in [-0.15, -0.1) is 12.4 Å². The van der Waals surface area contributed by atoms with Gasteiger partial charge in [0.2, 0.25) is 0 Å². The van der Waals surface area contributed by atoms with Crippen molar-refractivity contribution in [1.29, 1.82) is 0 Å². The Bertz CT molecular complexity index is 994. The van der Waals surface area contributed by atoms with E-state index in [4.69, 9.17) is 10.5 Å². The standard InChI is InChI=1S/C28H33N3O.ClH/c29-25-14-16-31(19-25)17-15-30-28-18-27(28)24-10-12-26(13-11-24)32-20-21-6-8-23(9-7-21)22-4-2-1-3-5-22;/h1-13,25,27-28,30H,14-20,29H2;1H/t25-,27?,28?;/m1./s1. The summed E-state index contributed by atoms with van der Waals surface area (Å²) in [6, 6.07) is 28.7. The lowest BCUT2D eigenvalue weighted by Crippen LogP contribution is -2.33. The van der Waals surface area contributed by atoms with E-state index in [2.05, 4.69) is 83.0 Å². The highest BCUT2D eigenvalue weighted by Crippen LogP contribution is 2.41. The molecule has 3 N–H and O–H groups in total. The first-order valence-corrected chi connectivity index (χ1v) is 11.8. The molecular weight excluding hydrogens is 430 g/mol. The molecule has 0 aromatic heterocycles. The number of rotatable bonds is 9. The second-order valence-electron chi connectivity index (χ2n) is 9.17. The average molecular weight is 464 g/mol. The number of halogens is 1. The third-order valence-corrected chi connectivity index (χ3v) is 6.71. The lowest BCUT2D eigenvalue weighted by atomic mass is 10.0. The molecule has 3 aromatic rings. The highest BCUT2D eigenvalue weighted by molar-refractivity contribution is 5.85. The quantitative estimate of drug-likeness (QED) is 0.477. The molecule has 0 bridgehead atoms. The van der Waals surface area contributed by atoms with Crippen LogP contribution in [0, 0.1) is 0 Å². The molecule has 0 spiro atoms. The first-order chi connectivity index (χ1) is 15.7. The maximum atomic E-state index is 6.02. The lowest BCUT2D eigenvalue weighted by Gasteiger charge is -2.15. The molecule has 4 nitrogen and oxygen atoms in total. The van der Waals surface area contributed by atoms with Crippen LogP contribution in [0.5, 0.6) is 5.75 Å². The molecule has 1 aliphatic carbocycles. The zero-order valence-corrected chi connectivity index (χ0v) is 19.8. The number of nitrogens with zero attached hydrogens (tertiary/aromatic N) is 1. The molecule has 2 aliphatic rings. The van der Waals surface area contributed by atoms with Gasteiger partial charge in [0.1, 0.15) is 12.4 Å². The molecule has 2 unspecified atom stereocenters. The highest BCUT2D eigenvalue weighted by Gasteiger charge is 2.37. The van der Waals surface area contributed by atoms with E-state index in [1.165, 1.54) is 28.7 Å². The predicted molar refractivity (Wildman–Crippen MR) is 138 cm³/mol. The molecule has 5 rings (SSSR count). The second-order valence-corrected chi connectivity index (χ2v) is 9.17. The van der Waals surface area contributed by atoms with E-state index in [1.807, 2.05) is 6.07 Å².